The van der Waals surface area contributed by atoms with Crippen molar-refractivity contribution in [2.75, 3.05) is 78.8 Å². The Kier molecular flexibility index (Phi) is 31.6. The molecule has 39 heavy (non-hydrogen) atoms. The lowest BCUT2D eigenvalue weighted by Gasteiger charge is -2.23. The quantitative estimate of drug-likeness (QED) is 0.0859. The number of nitrogens with zero attached hydrogens (tertiary/aromatic N) is 2. The van der Waals surface area contributed by atoms with E-state index in [0.29, 0.717) is 19.4 Å². The van der Waals surface area contributed by atoms with E-state index in [4.69, 9.17) is 9.84 Å². The molecule has 2 aliphatic rings. The maximum absolute atomic E-state index is 11.5. The SMILES string of the molecule is C[N+](C)(C)CCBr.C[N+](C)(C)CCOC(=O)CCCC[C@@H]1CCSS1.O=C(O)CCCC[C@@H]1CCSS1.[Br-].[Br-]. The van der Waals surface area contributed by atoms with Crippen molar-refractivity contribution in [2.45, 2.75) is 74.7 Å². The zero-order valence-electron chi connectivity index (χ0n) is 24.8. The summed E-state index contributed by atoms with van der Waals surface area (Å²) in [5, 5.41) is 11.1. The summed E-state index contributed by atoms with van der Waals surface area (Å²) in [6.07, 6.45) is 10.1. The van der Waals surface area contributed by atoms with Gasteiger partial charge in [-0.1, -0.05) is 71.9 Å². The number of carboxylic acid groups (broad SMARTS) is 1. The fourth-order valence-corrected chi connectivity index (χ4v) is 10.3. The van der Waals surface area contributed by atoms with Crippen LogP contribution in [-0.4, -0.2) is 115 Å². The first kappa shape index (κ1) is 45.1. The molecule has 0 saturated carbocycles. The number of halogens is 3. The molecule has 0 spiro atoms. The summed E-state index contributed by atoms with van der Waals surface area (Å²) in [6, 6.07) is 0. The molecule has 13 heteroatoms. The zero-order valence-corrected chi connectivity index (χ0v) is 32.8. The van der Waals surface area contributed by atoms with Crippen LogP contribution in [0, 0.1) is 0 Å². The van der Waals surface area contributed by atoms with Crippen LogP contribution in [0.2, 0.25) is 0 Å². The van der Waals surface area contributed by atoms with E-state index in [9.17, 15) is 9.59 Å². The molecule has 1 N–H and O–H groups in total. The highest BCUT2D eigenvalue weighted by Crippen LogP contribution is 2.40. The van der Waals surface area contributed by atoms with Crippen LogP contribution in [-0.2, 0) is 14.3 Å². The molecule has 0 unspecified atom stereocenters. The van der Waals surface area contributed by atoms with Crippen molar-refractivity contribution in [1.29, 1.82) is 0 Å². The Morgan fingerprint density at radius 1 is 0.795 bits per heavy atom. The molecule has 0 amide bonds. The van der Waals surface area contributed by atoms with Gasteiger partial charge in [-0.2, -0.15) is 0 Å². The molecule has 2 atom stereocenters. The number of quaternary nitrogens is 2. The zero-order chi connectivity index (χ0) is 28.2. The lowest BCUT2D eigenvalue weighted by molar-refractivity contribution is -0.870. The molecule has 0 aromatic carbocycles. The number of hydrogen-bond acceptors (Lipinski definition) is 7. The summed E-state index contributed by atoms with van der Waals surface area (Å²) in [4.78, 5) is 21.7. The summed E-state index contributed by atoms with van der Waals surface area (Å²) >= 11 is 3.37. The van der Waals surface area contributed by atoms with E-state index in [1.807, 2.05) is 43.2 Å². The van der Waals surface area contributed by atoms with Crippen molar-refractivity contribution in [3.63, 3.8) is 0 Å². The molecule has 0 bridgehead atoms. The molecule has 236 valence electrons. The van der Waals surface area contributed by atoms with E-state index in [1.54, 1.807) is 0 Å². The van der Waals surface area contributed by atoms with Gasteiger partial charge >= 0.3 is 11.9 Å². The maximum atomic E-state index is 11.5. The highest BCUT2D eigenvalue weighted by Gasteiger charge is 2.17. The summed E-state index contributed by atoms with van der Waals surface area (Å²) in [5.74, 6) is 1.87. The molecular weight excluding hydrogens is 772 g/mol. The van der Waals surface area contributed by atoms with Crippen LogP contribution in [0.25, 0.3) is 0 Å². The number of aliphatic carboxylic acids is 1. The summed E-state index contributed by atoms with van der Waals surface area (Å²) in [5.41, 5.74) is 0. The van der Waals surface area contributed by atoms with Gasteiger partial charge in [0.25, 0.3) is 0 Å². The average Bonchev–Trinajstić information content (AvgIpc) is 3.48. The minimum absolute atomic E-state index is 0. The molecule has 2 aliphatic heterocycles. The second-order valence-electron chi connectivity index (χ2n) is 11.5. The number of carboxylic acids is 1. The van der Waals surface area contributed by atoms with Crippen molar-refractivity contribution < 1.29 is 62.4 Å². The predicted molar refractivity (Wildman–Crippen MR) is 172 cm³/mol. The Hall–Kier alpha value is 1.70. The first-order valence-electron chi connectivity index (χ1n) is 13.4. The molecule has 2 rings (SSSR count). The van der Waals surface area contributed by atoms with Crippen molar-refractivity contribution in [2.24, 2.45) is 0 Å². The predicted octanol–water partition coefficient (Wildman–Crippen LogP) is 0.831. The maximum Gasteiger partial charge on any atom is 0.305 e. The molecule has 2 fully saturated rings. The highest BCUT2D eigenvalue weighted by molar-refractivity contribution is 9.09. The number of carbonyl (C=O) groups is 2. The summed E-state index contributed by atoms with van der Waals surface area (Å²) in [7, 11) is 20.8. The molecule has 0 aliphatic carbocycles. The van der Waals surface area contributed by atoms with E-state index in [2.05, 4.69) is 58.2 Å². The van der Waals surface area contributed by atoms with Gasteiger partial charge in [0.1, 0.15) is 13.2 Å². The number of alkyl halides is 1. The van der Waals surface area contributed by atoms with Crippen LogP contribution in [0.1, 0.15) is 64.2 Å². The minimum atomic E-state index is -0.663. The van der Waals surface area contributed by atoms with Gasteiger partial charge in [-0.3, -0.25) is 9.59 Å². The van der Waals surface area contributed by atoms with Gasteiger partial charge in [0.15, 0.2) is 0 Å². The minimum Gasteiger partial charge on any atom is -1.00 e. The van der Waals surface area contributed by atoms with E-state index < -0.39 is 5.97 Å². The number of ether oxygens (including phenoxy) is 1. The van der Waals surface area contributed by atoms with Gasteiger partial charge in [0, 0.05) is 34.8 Å². The van der Waals surface area contributed by atoms with Gasteiger partial charge < -0.3 is 52.8 Å². The van der Waals surface area contributed by atoms with Crippen LogP contribution in [0.15, 0.2) is 0 Å². The van der Waals surface area contributed by atoms with E-state index >= 15 is 0 Å². The monoisotopic (exact) mass is 822 g/mol. The topological polar surface area (TPSA) is 63.6 Å². The van der Waals surface area contributed by atoms with Crippen molar-refractivity contribution in [3.8, 4) is 0 Å². The Balaban J connectivity index is -0.000000536. The van der Waals surface area contributed by atoms with Crippen molar-refractivity contribution in [3.05, 3.63) is 0 Å². The van der Waals surface area contributed by atoms with Crippen LogP contribution in [0.3, 0.4) is 0 Å². The third-order valence-electron chi connectivity index (χ3n) is 5.56. The van der Waals surface area contributed by atoms with Crippen LogP contribution >= 0.6 is 59.1 Å². The van der Waals surface area contributed by atoms with Crippen molar-refractivity contribution in [1.82, 2.24) is 0 Å². The normalized spacial score (nSPS) is 18.4. The average molecular weight is 826 g/mol. The number of likely N-dealkylation sites (N-methyl/N-ethyl adjacent to an activating group) is 1. The lowest BCUT2D eigenvalue weighted by atomic mass is 10.1. The number of unbranched alkanes of at least 4 members (excludes halogenated alkanes) is 2. The van der Waals surface area contributed by atoms with Gasteiger partial charge in [-0.05, 0) is 38.5 Å². The van der Waals surface area contributed by atoms with E-state index in [-0.39, 0.29) is 39.9 Å². The Morgan fingerprint density at radius 3 is 1.59 bits per heavy atom. The van der Waals surface area contributed by atoms with E-state index in [1.165, 1.54) is 43.7 Å². The number of carbonyl (C=O) groups excluding carboxylic acids is 1. The first-order chi connectivity index (χ1) is 17.3. The van der Waals surface area contributed by atoms with Crippen LogP contribution in [0.4, 0.5) is 0 Å². The van der Waals surface area contributed by atoms with E-state index in [0.717, 1.165) is 57.0 Å². The Bertz CT molecular complexity index is 601. The smallest absolute Gasteiger partial charge is 0.305 e. The van der Waals surface area contributed by atoms with Crippen LogP contribution < -0.4 is 34.0 Å². The molecule has 2 heterocycles. The molecule has 0 aromatic rings. The van der Waals surface area contributed by atoms with Gasteiger partial charge in [-0.25, -0.2) is 0 Å². The van der Waals surface area contributed by atoms with Gasteiger partial charge in [0.2, 0.25) is 0 Å². The molecule has 0 aromatic heterocycles. The standard InChI is InChI=1S/C13H26NO2S2.C8H14O2S2.C5H13BrN.2BrH/c1-14(2,3)9-10-16-13(15)7-5-4-6-12-8-11-17-18-12;9-8(10)4-2-1-3-7-5-6-11-12-7;1-7(2,3)5-4-6;;/h12H,4-11H2,1-3H3;7H,1-6H2,(H,9,10);4-5H2,1-3H3;2*1H/q+1;;+1;;/p-2/t12-;7-;;;/m11.../s1. The third-order valence-corrected chi connectivity index (χ3v) is 11.9. The Morgan fingerprint density at radius 2 is 1.26 bits per heavy atom. The third kappa shape index (κ3) is 34.1. The van der Waals surface area contributed by atoms with Crippen LogP contribution in [0.5, 0.6) is 0 Å². The fourth-order valence-electron chi connectivity index (χ4n) is 3.18. The summed E-state index contributed by atoms with van der Waals surface area (Å²) < 4.78 is 7.11. The van der Waals surface area contributed by atoms with Crippen molar-refractivity contribution >= 4 is 71.0 Å². The second kappa shape index (κ2) is 27.3. The number of rotatable bonds is 15. The Labute approximate surface area is 284 Å². The highest BCUT2D eigenvalue weighted by atomic mass is 79.9. The molecule has 2 saturated heterocycles. The number of hydrogen-bond donors (Lipinski definition) is 1. The summed E-state index contributed by atoms with van der Waals surface area (Å²) in [6.45, 7) is 2.61. The fraction of sp³-hybridized carbons (Fsp3) is 0.923. The largest absolute Gasteiger partial charge is 1.00 e. The van der Waals surface area contributed by atoms with Gasteiger partial charge in [0.05, 0.1) is 54.2 Å². The van der Waals surface area contributed by atoms with Gasteiger partial charge in [-0.15, -0.1) is 0 Å². The first-order valence-corrected chi connectivity index (χ1v) is 19.3. The lowest BCUT2D eigenvalue weighted by Crippen LogP contribution is -3.00. The second-order valence-corrected chi connectivity index (χ2v) is 17.8. The molecular formula is C26H53Br3N2O4S4. The molecule has 0 radical (unpaired) electrons. The number of esters is 1. The molecule has 6 nitrogen and oxygen atoms in total.